The van der Waals surface area contributed by atoms with E-state index in [1.54, 1.807) is 0 Å². The number of carboxylic acids is 1. The van der Waals surface area contributed by atoms with Crippen LogP contribution in [0.5, 0.6) is 5.75 Å². The van der Waals surface area contributed by atoms with E-state index in [-0.39, 0.29) is 17.7 Å². The summed E-state index contributed by atoms with van der Waals surface area (Å²) in [6.07, 6.45) is 3.36. The van der Waals surface area contributed by atoms with Gasteiger partial charge in [-0.15, -0.1) is 11.3 Å². The lowest BCUT2D eigenvalue weighted by Gasteiger charge is -2.27. The van der Waals surface area contributed by atoms with Crippen LogP contribution in [0.3, 0.4) is 0 Å². The van der Waals surface area contributed by atoms with Crippen LogP contribution >= 0.6 is 11.3 Å². The number of hydrogen-bond acceptors (Lipinski definition) is 6. The first-order chi connectivity index (χ1) is 17.9. The number of hydrogen-bond donors (Lipinski definition) is 1. The maximum Gasteiger partial charge on any atom is 0.308 e. The molecule has 2 atom stereocenters. The zero-order valence-corrected chi connectivity index (χ0v) is 22.2. The number of amides is 1. The van der Waals surface area contributed by atoms with Crippen LogP contribution in [-0.4, -0.2) is 53.0 Å². The summed E-state index contributed by atoms with van der Waals surface area (Å²) in [5.41, 5.74) is 4.53. The van der Waals surface area contributed by atoms with Gasteiger partial charge in [0.15, 0.2) is 5.13 Å². The molecular weight excluding hydrogens is 486 g/mol. The van der Waals surface area contributed by atoms with E-state index < -0.39 is 5.97 Å². The Morgan fingerprint density at radius 3 is 2.62 bits per heavy atom. The van der Waals surface area contributed by atoms with Crippen LogP contribution in [0.1, 0.15) is 47.7 Å². The van der Waals surface area contributed by atoms with E-state index >= 15 is 0 Å². The number of carbonyl (C=O) groups excluding carboxylic acids is 1. The van der Waals surface area contributed by atoms with E-state index in [1.807, 2.05) is 66.6 Å². The van der Waals surface area contributed by atoms with E-state index in [0.717, 1.165) is 64.8 Å². The molecule has 0 aliphatic carbocycles. The van der Waals surface area contributed by atoms with Gasteiger partial charge in [0, 0.05) is 42.7 Å². The molecule has 2 aromatic carbocycles. The number of ether oxygens (including phenoxy) is 1. The molecule has 2 fully saturated rings. The fourth-order valence-electron chi connectivity index (χ4n) is 5.21. The number of benzene rings is 2. The maximum atomic E-state index is 12.9. The van der Waals surface area contributed by atoms with Gasteiger partial charge in [0.1, 0.15) is 12.4 Å². The average Bonchev–Trinajstić information content (AvgIpc) is 3.55. The predicted octanol–water partition coefficient (Wildman–Crippen LogP) is 5.48. The second-order valence-corrected chi connectivity index (χ2v) is 11.0. The van der Waals surface area contributed by atoms with Crippen LogP contribution < -0.4 is 9.64 Å². The van der Waals surface area contributed by atoms with Gasteiger partial charge in [0.05, 0.1) is 11.6 Å². The molecule has 1 aromatic heterocycles. The molecule has 2 aliphatic rings. The van der Waals surface area contributed by atoms with Crippen molar-refractivity contribution in [3.63, 3.8) is 0 Å². The number of likely N-dealkylation sites (tertiary alicyclic amines) is 1. The lowest BCUT2D eigenvalue weighted by atomic mass is 9.99. The minimum absolute atomic E-state index is 0.0882. The Labute approximate surface area is 221 Å². The van der Waals surface area contributed by atoms with Crippen molar-refractivity contribution in [2.24, 2.45) is 11.8 Å². The highest BCUT2D eigenvalue weighted by atomic mass is 32.1. The van der Waals surface area contributed by atoms with Crippen molar-refractivity contribution in [3.8, 4) is 17.0 Å². The molecule has 0 saturated carbocycles. The highest BCUT2D eigenvalue weighted by Gasteiger charge is 2.36. The van der Waals surface area contributed by atoms with E-state index in [1.165, 1.54) is 17.8 Å². The first-order valence-electron chi connectivity index (χ1n) is 12.9. The SMILES string of the molecule is Cc1cc(C(=O)N2CCCCC2)ccc1COc1ccccc1-c1csc(N2CC(C)C(C(=O)O)C2)n1. The number of carboxylic acid groups (broad SMARTS) is 1. The number of piperidine rings is 1. The molecule has 2 aliphatic heterocycles. The molecule has 1 amide bonds. The van der Waals surface area contributed by atoms with Crippen LogP contribution in [0.2, 0.25) is 0 Å². The van der Waals surface area contributed by atoms with Crippen molar-refractivity contribution >= 4 is 28.3 Å². The maximum absolute atomic E-state index is 12.9. The first kappa shape index (κ1) is 25.3. The summed E-state index contributed by atoms with van der Waals surface area (Å²) in [7, 11) is 0. The second kappa shape index (κ2) is 10.9. The normalized spacial score (nSPS) is 19.7. The topological polar surface area (TPSA) is 83.0 Å². The Morgan fingerprint density at radius 1 is 1.11 bits per heavy atom. The van der Waals surface area contributed by atoms with E-state index in [2.05, 4.69) is 4.90 Å². The van der Waals surface area contributed by atoms with Gasteiger partial charge in [-0.1, -0.05) is 25.1 Å². The number of aryl methyl sites for hydroxylation is 1. The van der Waals surface area contributed by atoms with Gasteiger partial charge >= 0.3 is 5.97 Å². The molecule has 0 bridgehead atoms. The van der Waals surface area contributed by atoms with Crippen molar-refractivity contribution in [2.75, 3.05) is 31.1 Å². The Balaban J connectivity index is 1.27. The summed E-state index contributed by atoms with van der Waals surface area (Å²) in [6, 6.07) is 13.7. The standard InChI is InChI=1S/C29H33N3O4S/c1-19-14-21(27(33)31-12-6-3-7-13-31)10-11-22(19)17-36-26-9-5-4-8-23(26)25-18-37-29(30-25)32-15-20(2)24(16-32)28(34)35/h4-5,8-11,14,18,20,24H,3,6-7,12-13,15-17H2,1-2H3,(H,34,35). The molecular formula is C29H33N3O4S. The van der Waals surface area contributed by atoms with Gasteiger partial charge in [-0.25, -0.2) is 4.98 Å². The molecule has 3 heterocycles. The smallest absolute Gasteiger partial charge is 0.308 e. The molecule has 2 unspecified atom stereocenters. The summed E-state index contributed by atoms with van der Waals surface area (Å²) in [6.45, 7) is 7.25. The fraction of sp³-hybridized carbons (Fsp3) is 0.414. The van der Waals surface area contributed by atoms with Gasteiger partial charge in [0.25, 0.3) is 5.91 Å². The number of carbonyl (C=O) groups is 2. The molecule has 5 rings (SSSR count). The minimum Gasteiger partial charge on any atom is -0.488 e. The minimum atomic E-state index is -0.746. The summed E-state index contributed by atoms with van der Waals surface area (Å²) in [5.74, 6) is -0.171. The van der Waals surface area contributed by atoms with Gasteiger partial charge in [-0.05, 0) is 67.5 Å². The number of aliphatic carboxylic acids is 1. The first-order valence-corrected chi connectivity index (χ1v) is 13.8. The molecule has 7 nitrogen and oxygen atoms in total. The van der Waals surface area contributed by atoms with Crippen molar-refractivity contribution in [1.29, 1.82) is 0 Å². The largest absolute Gasteiger partial charge is 0.488 e. The van der Waals surface area contributed by atoms with Crippen LogP contribution in [-0.2, 0) is 11.4 Å². The van der Waals surface area contributed by atoms with Crippen molar-refractivity contribution in [1.82, 2.24) is 9.88 Å². The number of thiazole rings is 1. The predicted molar refractivity (Wildman–Crippen MR) is 145 cm³/mol. The number of nitrogens with zero attached hydrogens (tertiary/aromatic N) is 3. The summed E-state index contributed by atoms with van der Waals surface area (Å²) < 4.78 is 6.25. The van der Waals surface area contributed by atoms with Crippen LogP contribution in [0, 0.1) is 18.8 Å². The third kappa shape index (κ3) is 5.49. The Kier molecular flexibility index (Phi) is 7.46. The van der Waals surface area contributed by atoms with Crippen LogP contribution in [0.15, 0.2) is 47.8 Å². The number of anilines is 1. The zero-order chi connectivity index (χ0) is 25.9. The van der Waals surface area contributed by atoms with Gasteiger partial charge < -0.3 is 19.6 Å². The monoisotopic (exact) mass is 519 g/mol. The highest BCUT2D eigenvalue weighted by molar-refractivity contribution is 7.14. The van der Waals surface area contributed by atoms with Crippen molar-refractivity contribution in [2.45, 2.75) is 39.7 Å². The fourth-order valence-corrected chi connectivity index (χ4v) is 6.05. The van der Waals surface area contributed by atoms with E-state index in [0.29, 0.717) is 19.7 Å². The Bertz CT molecular complexity index is 1280. The van der Waals surface area contributed by atoms with Crippen molar-refractivity contribution < 1.29 is 19.4 Å². The summed E-state index contributed by atoms with van der Waals surface area (Å²) >= 11 is 1.53. The van der Waals surface area contributed by atoms with E-state index in [9.17, 15) is 14.7 Å². The average molecular weight is 520 g/mol. The molecule has 2 saturated heterocycles. The van der Waals surface area contributed by atoms with Gasteiger partial charge in [-0.3, -0.25) is 9.59 Å². The molecule has 194 valence electrons. The number of para-hydroxylation sites is 1. The molecule has 37 heavy (non-hydrogen) atoms. The third-order valence-corrected chi connectivity index (χ3v) is 8.37. The number of aromatic nitrogens is 1. The summed E-state index contributed by atoms with van der Waals surface area (Å²) in [4.78, 5) is 33.2. The van der Waals surface area contributed by atoms with Gasteiger partial charge in [-0.2, -0.15) is 0 Å². The molecule has 1 N–H and O–H groups in total. The summed E-state index contributed by atoms with van der Waals surface area (Å²) in [5, 5.41) is 12.3. The second-order valence-electron chi connectivity index (χ2n) is 10.1. The van der Waals surface area contributed by atoms with Crippen LogP contribution in [0.25, 0.3) is 11.3 Å². The van der Waals surface area contributed by atoms with E-state index in [4.69, 9.17) is 9.72 Å². The number of rotatable bonds is 7. The quantitative estimate of drug-likeness (QED) is 0.445. The Hall–Kier alpha value is -3.39. The van der Waals surface area contributed by atoms with Crippen molar-refractivity contribution in [3.05, 3.63) is 64.5 Å². The molecule has 0 spiro atoms. The molecule has 8 heteroatoms. The molecule has 3 aromatic rings. The van der Waals surface area contributed by atoms with Gasteiger partial charge in [0.2, 0.25) is 0 Å². The Morgan fingerprint density at radius 2 is 1.89 bits per heavy atom. The zero-order valence-electron chi connectivity index (χ0n) is 21.4. The molecule has 0 radical (unpaired) electrons. The lowest BCUT2D eigenvalue weighted by Crippen LogP contribution is -2.35. The lowest BCUT2D eigenvalue weighted by molar-refractivity contribution is -0.142. The highest BCUT2D eigenvalue weighted by Crippen LogP contribution is 2.36. The third-order valence-electron chi connectivity index (χ3n) is 7.47. The van der Waals surface area contributed by atoms with Crippen LogP contribution in [0.4, 0.5) is 5.13 Å².